The van der Waals surface area contributed by atoms with Crippen LogP contribution in [-0.4, -0.2) is 20.8 Å². The summed E-state index contributed by atoms with van der Waals surface area (Å²) < 4.78 is 23.7. The molecule has 0 radical (unpaired) electrons. The fourth-order valence-electron chi connectivity index (χ4n) is 4.60. The van der Waals surface area contributed by atoms with Crippen molar-refractivity contribution in [3.8, 4) is 11.5 Å². The number of fused-ring (bicyclic) bond motifs is 3. The quantitative estimate of drug-likeness (QED) is 0.639. The van der Waals surface area contributed by atoms with Crippen LogP contribution in [0.15, 0.2) is 42.7 Å². The molecule has 1 aliphatic heterocycles. The first-order valence-electron chi connectivity index (χ1n) is 9.80. The van der Waals surface area contributed by atoms with E-state index in [1.165, 1.54) is 11.1 Å². The maximum absolute atomic E-state index is 5.98. The van der Waals surface area contributed by atoms with E-state index in [0.717, 1.165) is 41.0 Å². The smallest absolute Gasteiger partial charge is 0.136 e. The van der Waals surface area contributed by atoms with Gasteiger partial charge in [0.05, 0.1) is 33.7 Å². The average Bonchev–Trinajstić information content (AvgIpc) is 3.20. The van der Waals surface area contributed by atoms with Crippen LogP contribution in [0.1, 0.15) is 40.8 Å². The van der Waals surface area contributed by atoms with Crippen LogP contribution in [0.5, 0.6) is 11.5 Å². The first kappa shape index (κ1) is 18.9. The predicted molar refractivity (Wildman–Crippen MR) is 109 cm³/mol. The molecule has 2 aromatic rings. The SMILES string of the molecule is COc1c(C)c(CCOCc2ccccc2)c(OC)c2c1C[C@]1(C)C=CO[C@H]21. The molecule has 4 nitrogen and oxygen atoms in total. The van der Waals surface area contributed by atoms with Gasteiger partial charge in [-0.15, -0.1) is 0 Å². The Morgan fingerprint density at radius 1 is 1.11 bits per heavy atom. The monoisotopic (exact) mass is 380 g/mol. The Morgan fingerprint density at radius 2 is 1.86 bits per heavy atom. The number of hydrogen-bond acceptors (Lipinski definition) is 4. The van der Waals surface area contributed by atoms with Crippen LogP contribution in [0.25, 0.3) is 0 Å². The van der Waals surface area contributed by atoms with E-state index in [2.05, 4.69) is 32.1 Å². The highest BCUT2D eigenvalue weighted by molar-refractivity contribution is 5.63. The number of hydrogen-bond donors (Lipinski definition) is 0. The number of benzene rings is 2. The topological polar surface area (TPSA) is 36.9 Å². The Kier molecular flexibility index (Phi) is 5.07. The van der Waals surface area contributed by atoms with Crippen molar-refractivity contribution in [1.29, 1.82) is 0 Å². The summed E-state index contributed by atoms with van der Waals surface area (Å²) in [6, 6.07) is 10.2. The van der Waals surface area contributed by atoms with E-state index in [4.69, 9.17) is 18.9 Å². The van der Waals surface area contributed by atoms with Crippen LogP contribution < -0.4 is 9.47 Å². The van der Waals surface area contributed by atoms with E-state index in [0.29, 0.717) is 13.2 Å². The van der Waals surface area contributed by atoms with Crippen molar-refractivity contribution in [3.63, 3.8) is 0 Å². The van der Waals surface area contributed by atoms with E-state index < -0.39 is 0 Å². The van der Waals surface area contributed by atoms with Crippen LogP contribution >= 0.6 is 0 Å². The predicted octanol–water partition coefficient (Wildman–Crippen LogP) is 4.92. The first-order chi connectivity index (χ1) is 13.6. The molecule has 2 aromatic carbocycles. The minimum absolute atomic E-state index is 0.0177. The van der Waals surface area contributed by atoms with Gasteiger partial charge in [0, 0.05) is 22.1 Å². The molecule has 0 spiro atoms. The summed E-state index contributed by atoms with van der Waals surface area (Å²) in [6.07, 6.45) is 5.63. The van der Waals surface area contributed by atoms with Gasteiger partial charge in [0.2, 0.25) is 0 Å². The zero-order valence-corrected chi connectivity index (χ0v) is 17.1. The van der Waals surface area contributed by atoms with Crippen molar-refractivity contribution in [2.75, 3.05) is 20.8 Å². The van der Waals surface area contributed by atoms with Gasteiger partial charge in [-0.3, -0.25) is 0 Å². The highest BCUT2D eigenvalue weighted by Crippen LogP contribution is 2.58. The number of rotatable bonds is 7. The van der Waals surface area contributed by atoms with Crippen molar-refractivity contribution in [1.82, 2.24) is 0 Å². The van der Waals surface area contributed by atoms with E-state index in [-0.39, 0.29) is 11.5 Å². The third-order valence-electron chi connectivity index (χ3n) is 6.01. The van der Waals surface area contributed by atoms with Crippen molar-refractivity contribution in [2.24, 2.45) is 5.41 Å². The van der Waals surface area contributed by atoms with Gasteiger partial charge >= 0.3 is 0 Å². The van der Waals surface area contributed by atoms with Crippen LogP contribution in [0.2, 0.25) is 0 Å². The second-order valence-electron chi connectivity index (χ2n) is 7.85. The van der Waals surface area contributed by atoms with Gasteiger partial charge in [0.15, 0.2) is 0 Å². The molecular formula is C24H28O4. The molecule has 2 aliphatic rings. The maximum atomic E-state index is 5.98. The highest BCUT2D eigenvalue weighted by Gasteiger charge is 2.49. The second-order valence-corrected chi connectivity index (χ2v) is 7.85. The lowest BCUT2D eigenvalue weighted by molar-refractivity contribution is 0.0983. The second kappa shape index (κ2) is 7.51. The molecule has 0 unspecified atom stereocenters. The Balaban J connectivity index is 1.61. The molecule has 1 heterocycles. The molecule has 0 N–H and O–H groups in total. The lowest BCUT2D eigenvalue weighted by Crippen LogP contribution is -2.16. The van der Waals surface area contributed by atoms with Gasteiger partial charge in [0.1, 0.15) is 17.6 Å². The average molecular weight is 380 g/mol. The molecule has 2 atom stereocenters. The van der Waals surface area contributed by atoms with Gasteiger partial charge in [0.25, 0.3) is 0 Å². The van der Waals surface area contributed by atoms with E-state index >= 15 is 0 Å². The maximum Gasteiger partial charge on any atom is 0.136 e. The lowest BCUT2D eigenvalue weighted by atomic mass is 9.86. The van der Waals surface area contributed by atoms with Crippen molar-refractivity contribution in [2.45, 2.75) is 39.4 Å². The normalized spacial score (nSPS) is 21.9. The fraction of sp³-hybridized carbons (Fsp3) is 0.417. The molecule has 1 aliphatic carbocycles. The van der Waals surface area contributed by atoms with Gasteiger partial charge in [-0.05, 0) is 37.0 Å². The molecule has 0 aromatic heterocycles. The fourth-order valence-corrected chi connectivity index (χ4v) is 4.60. The number of ether oxygens (including phenoxy) is 4. The van der Waals surface area contributed by atoms with Crippen molar-refractivity contribution < 1.29 is 18.9 Å². The van der Waals surface area contributed by atoms with E-state index in [1.807, 2.05) is 24.5 Å². The summed E-state index contributed by atoms with van der Waals surface area (Å²) in [4.78, 5) is 0. The summed E-state index contributed by atoms with van der Waals surface area (Å²) >= 11 is 0. The Labute approximate surface area is 167 Å². The van der Waals surface area contributed by atoms with Crippen LogP contribution in [-0.2, 0) is 28.9 Å². The molecule has 0 fully saturated rings. The van der Waals surface area contributed by atoms with E-state index in [9.17, 15) is 0 Å². The molecule has 4 rings (SSSR count). The minimum atomic E-state index is -0.0439. The Bertz CT molecular complexity index is 887. The first-order valence-corrected chi connectivity index (χ1v) is 9.80. The number of methoxy groups -OCH3 is 2. The molecule has 0 saturated heterocycles. The molecule has 0 amide bonds. The summed E-state index contributed by atoms with van der Waals surface area (Å²) in [5.74, 6) is 1.88. The minimum Gasteiger partial charge on any atom is -0.496 e. The third kappa shape index (κ3) is 3.06. The van der Waals surface area contributed by atoms with E-state index in [1.54, 1.807) is 14.2 Å². The molecule has 148 valence electrons. The van der Waals surface area contributed by atoms with Gasteiger partial charge < -0.3 is 18.9 Å². The Morgan fingerprint density at radius 3 is 2.57 bits per heavy atom. The lowest BCUT2D eigenvalue weighted by Gasteiger charge is -2.24. The van der Waals surface area contributed by atoms with Crippen LogP contribution in [0.4, 0.5) is 0 Å². The van der Waals surface area contributed by atoms with Crippen molar-refractivity contribution >= 4 is 0 Å². The van der Waals surface area contributed by atoms with Gasteiger partial charge in [-0.25, -0.2) is 0 Å². The summed E-state index contributed by atoms with van der Waals surface area (Å²) in [6.45, 7) is 5.58. The summed E-state index contributed by atoms with van der Waals surface area (Å²) in [5, 5.41) is 0. The van der Waals surface area contributed by atoms with Crippen LogP contribution in [0, 0.1) is 12.3 Å². The van der Waals surface area contributed by atoms with Crippen molar-refractivity contribution in [3.05, 3.63) is 70.5 Å². The molecule has 4 heteroatoms. The zero-order chi connectivity index (χ0) is 19.7. The summed E-state index contributed by atoms with van der Waals surface area (Å²) in [5.41, 5.74) is 5.76. The summed E-state index contributed by atoms with van der Waals surface area (Å²) in [7, 11) is 3.49. The van der Waals surface area contributed by atoms with Gasteiger partial charge in [-0.1, -0.05) is 37.3 Å². The Hall–Kier alpha value is -2.46. The third-order valence-corrected chi connectivity index (χ3v) is 6.01. The molecule has 0 bridgehead atoms. The van der Waals surface area contributed by atoms with Gasteiger partial charge in [-0.2, -0.15) is 0 Å². The largest absolute Gasteiger partial charge is 0.496 e. The van der Waals surface area contributed by atoms with Crippen LogP contribution in [0.3, 0.4) is 0 Å². The molecule has 28 heavy (non-hydrogen) atoms. The highest BCUT2D eigenvalue weighted by atomic mass is 16.5. The molecule has 0 saturated carbocycles. The molecular weight excluding hydrogens is 352 g/mol. The standard InChI is InChI=1S/C24H28O4/c1-16-18(10-12-27-15-17-8-6-5-7-9-17)22(26-4)20-19(21(16)25-3)14-24(2)11-13-28-23(20)24/h5-9,11,13,23H,10,12,14-15H2,1-4H3/t23-,24+/m1/s1. The zero-order valence-electron chi connectivity index (χ0n) is 17.1.